The quantitative estimate of drug-likeness (QED) is 0.868. The number of nitrogens with zero attached hydrogens (tertiary/aromatic N) is 1. The zero-order valence-corrected chi connectivity index (χ0v) is 11.7. The van der Waals surface area contributed by atoms with E-state index in [1.807, 2.05) is 0 Å². The Morgan fingerprint density at radius 1 is 1.28 bits per heavy atom. The molecular formula is C15H23N3. The molecule has 0 saturated heterocycles. The molecule has 0 aliphatic rings. The molecule has 1 unspecified atom stereocenters. The Balaban J connectivity index is 2.42. The van der Waals surface area contributed by atoms with Crippen LogP contribution in [0, 0.1) is 19.8 Å². The molecular weight excluding hydrogens is 222 g/mol. The largest absolute Gasteiger partial charge is 0.342 e. The molecule has 3 heteroatoms. The van der Waals surface area contributed by atoms with Crippen LogP contribution in [0.4, 0.5) is 0 Å². The number of rotatable bonds is 4. The van der Waals surface area contributed by atoms with Gasteiger partial charge < -0.3 is 10.7 Å². The molecule has 0 fully saturated rings. The molecule has 3 N–H and O–H groups in total. The van der Waals surface area contributed by atoms with E-state index >= 15 is 0 Å². The molecule has 2 aromatic rings. The van der Waals surface area contributed by atoms with Crippen LogP contribution in [0.5, 0.6) is 0 Å². The van der Waals surface area contributed by atoms with Gasteiger partial charge in [-0.3, -0.25) is 0 Å². The molecule has 0 aliphatic carbocycles. The van der Waals surface area contributed by atoms with Crippen molar-refractivity contribution >= 4 is 11.0 Å². The molecule has 3 nitrogen and oxygen atoms in total. The van der Waals surface area contributed by atoms with E-state index in [0.717, 1.165) is 23.3 Å². The lowest BCUT2D eigenvalue weighted by atomic mass is 9.97. The molecule has 1 heterocycles. The number of aromatic nitrogens is 2. The van der Waals surface area contributed by atoms with Gasteiger partial charge in [0.1, 0.15) is 5.82 Å². The van der Waals surface area contributed by atoms with Gasteiger partial charge in [-0.1, -0.05) is 19.9 Å². The highest BCUT2D eigenvalue weighted by Gasteiger charge is 2.16. The van der Waals surface area contributed by atoms with Crippen molar-refractivity contribution in [3.05, 3.63) is 29.1 Å². The summed E-state index contributed by atoms with van der Waals surface area (Å²) in [6, 6.07) is 4.33. The smallest absolute Gasteiger partial charge is 0.111 e. The Bertz CT molecular complexity index is 540. The molecule has 18 heavy (non-hydrogen) atoms. The van der Waals surface area contributed by atoms with Crippen LogP contribution in [0.2, 0.25) is 0 Å². The highest BCUT2D eigenvalue weighted by Crippen LogP contribution is 2.25. The number of nitrogens with one attached hydrogen (secondary N) is 1. The normalized spacial score (nSPS) is 13.4. The maximum Gasteiger partial charge on any atom is 0.111 e. The molecule has 98 valence electrons. The average Bonchev–Trinajstić information content (AvgIpc) is 2.69. The third-order valence-corrected chi connectivity index (χ3v) is 3.37. The Hall–Kier alpha value is -1.35. The standard InChI is InChI=1S/C15H23N3/c1-9(2)5-12(8-16)15-17-13-7-10(3)6-11(4)14(13)18-15/h6-7,9,12H,5,8,16H2,1-4H3,(H,17,18). The van der Waals surface area contributed by atoms with Crippen LogP contribution in [0.25, 0.3) is 11.0 Å². The molecule has 0 aliphatic heterocycles. The maximum absolute atomic E-state index is 5.88. The van der Waals surface area contributed by atoms with Gasteiger partial charge in [-0.05, 0) is 43.4 Å². The zero-order chi connectivity index (χ0) is 13.3. The first-order valence-electron chi connectivity index (χ1n) is 6.68. The SMILES string of the molecule is Cc1cc(C)c2nc(C(CN)CC(C)C)[nH]c2c1. The van der Waals surface area contributed by atoms with Gasteiger partial charge in [-0.25, -0.2) is 4.98 Å². The molecule has 1 aromatic carbocycles. The van der Waals surface area contributed by atoms with Gasteiger partial charge in [0.2, 0.25) is 0 Å². The summed E-state index contributed by atoms with van der Waals surface area (Å²) in [4.78, 5) is 8.18. The average molecular weight is 245 g/mol. The molecule has 1 atom stereocenters. The first-order valence-corrected chi connectivity index (χ1v) is 6.68. The van der Waals surface area contributed by atoms with Crippen molar-refractivity contribution in [2.45, 2.75) is 40.0 Å². The van der Waals surface area contributed by atoms with Crippen molar-refractivity contribution in [3.63, 3.8) is 0 Å². The van der Waals surface area contributed by atoms with Gasteiger partial charge in [0.25, 0.3) is 0 Å². The minimum absolute atomic E-state index is 0.331. The van der Waals surface area contributed by atoms with Crippen molar-refractivity contribution in [2.24, 2.45) is 11.7 Å². The number of hydrogen-bond donors (Lipinski definition) is 2. The maximum atomic E-state index is 5.88. The molecule has 0 bridgehead atoms. The van der Waals surface area contributed by atoms with E-state index in [0.29, 0.717) is 18.4 Å². The summed E-state index contributed by atoms with van der Waals surface area (Å²) in [7, 11) is 0. The van der Waals surface area contributed by atoms with Crippen molar-refractivity contribution in [1.82, 2.24) is 9.97 Å². The van der Waals surface area contributed by atoms with Gasteiger partial charge in [-0.15, -0.1) is 0 Å². The summed E-state index contributed by atoms with van der Waals surface area (Å²) >= 11 is 0. The van der Waals surface area contributed by atoms with Gasteiger partial charge >= 0.3 is 0 Å². The van der Waals surface area contributed by atoms with E-state index in [2.05, 4.69) is 44.8 Å². The van der Waals surface area contributed by atoms with E-state index in [1.165, 1.54) is 11.1 Å². The Morgan fingerprint density at radius 3 is 2.61 bits per heavy atom. The van der Waals surface area contributed by atoms with E-state index in [-0.39, 0.29) is 0 Å². The molecule has 0 radical (unpaired) electrons. The summed E-state index contributed by atoms with van der Waals surface area (Å²) in [5, 5.41) is 0. The van der Waals surface area contributed by atoms with Crippen LogP contribution in [-0.4, -0.2) is 16.5 Å². The van der Waals surface area contributed by atoms with Gasteiger partial charge in [0, 0.05) is 12.5 Å². The fourth-order valence-electron chi connectivity index (χ4n) is 2.57. The molecule has 0 amide bonds. The summed E-state index contributed by atoms with van der Waals surface area (Å²) in [5.74, 6) is 2.00. The Labute approximate surface area is 109 Å². The van der Waals surface area contributed by atoms with Crippen LogP contribution in [0.3, 0.4) is 0 Å². The van der Waals surface area contributed by atoms with Crippen LogP contribution in [0.15, 0.2) is 12.1 Å². The van der Waals surface area contributed by atoms with Crippen LogP contribution in [0.1, 0.15) is 43.1 Å². The number of aryl methyl sites for hydroxylation is 2. The van der Waals surface area contributed by atoms with E-state index < -0.39 is 0 Å². The van der Waals surface area contributed by atoms with Gasteiger partial charge in [0.15, 0.2) is 0 Å². The van der Waals surface area contributed by atoms with Crippen LogP contribution >= 0.6 is 0 Å². The molecule has 0 spiro atoms. The molecule has 1 aromatic heterocycles. The third kappa shape index (κ3) is 2.56. The summed E-state index contributed by atoms with van der Waals surface area (Å²) < 4.78 is 0. The second-order valence-corrected chi connectivity index (χ2v) is 5.66. The number of fused-ring (bicyclic) bond motifs is 1. The van der Waals surface area contributed by atoms with Crippen molar-refractivity contribution < 1.29 is 0 Å². The van der Waals surface area contributed by atoms with E-state index in [4.69, 9.17) is 10.7 Å². The predicted octanol–water partition coefficient (Wildman–Crippen LogP) is 3.27. The minimum Gasteiger partial charge on any atom is -0.342 e. The lowest BCUT2D eigenvalue weighted by molar-refractivity contribution is 0.491. The van der Waals surface area contributed by atoms with E-state index in [9.17, 15) is 0 Å². The van der Waals surface area contributed by atoms with Crippen molar-refractivity contribution in [3.8, 4) is 0 Å². The predicted molar refractivity (Wildman–Crippen MR) is 76.8 cm³/mol. The first-order chi connectivity index (χ1) is 8.51. The second-order valence-electron chi connectivity index (χ2n) is 5.66. The number of imidazole rings is 1. The fourth-order valence-corrected chi connectivity index (χ4v) is 2.57. The number of benzene rings is 1. The van der Waals surface area contributed by atoms with Gasteiger partial charge in [-0.2, -0.15) is 0 Å². The number of H-pyrrole nitrogens is 1. The van der Waals surface area contributed by atoms with E-state index in [1.54, 1.807) is 0 Å². The molecule has 0 saturated carbocycles. The van der Waals surface area contributed by atoms with Crippen LogP contribution < -0.4 is 5.73 Å². The number of nitrogens with two attached hydrogens (primary N) is 1. The highest BCUT2D eigenvalue weighted by atomic mass is 14.9. The highest BCUT2D eigenvalue weighted by molar-refractivity contribution is 5.79. The van der Waals surface area contributed by atoms with Crippen molar-refractivity contribution in [1.29, 1.82) is 0 Å². The topological polar surface area (TPSA) is 54.7 Å². The fraction of sp³-hybridized carbons (Fsp3) is 0.533. The second kappa shape index (κ2) is 5.11. The Kier molecular flexibility index (Phi) is 3.71. The number of hydrogen-bond acceptors (Lipinski definition) is 2. The van der Waals surface area contributed by atoms with Crippen LogP contribution in [-0.2, 0) is 0 Å². The van der Waals surface area contributed by atoms with Gasteiger partial charge in [0.05, 0.1) is 11.0 Å². The molecule has 2 rings (SSSR count). The first kappa shape index (κ1) is 13.1. The zero-order valence-electron chi connectivity index (χ0n) is 11.7. The third-order valence-electron chi connectivity index (χ3n) is 3.37. The minimum atomic E-state index is 0.331. The van der Waals surface area contributed by atoms with Crippen molar-refractivity contribution in [2.75, 3.05) is 6.54 Å². The monoisotopic (exact) mass is 245 g/mol. The lowest BCUT2D eigenvalue weighted by Crippen LogP contribution is -2.15. The lowest BCUT2D eigenvalue weighted by Gasteiger charge is -2.14. The number of aromatic amines is 1. The summed E-state index contributed by atoms with van der Waals surface area (Å²) in [6.45, 7) is 9.32. The Morgan fingerprint density at radius 2 is 2.00 bits per heavy atom. The summed E-state index contributed by atoms with van der Waals surface area (Å²) in [6.07, 6.45) is 1.08. The summed E-state index contributed by atoms with van der Waals surface area (Å²) in [5.41, 5.74) is 10.6.